The lowest BCUT2D eigenvalue weighted by molar-refractivity contribution is 0.143. The van der Waals surface area contributed by atoms with Gasteiger partial charge < -0.3 is 19.9 Å². The van der Waals surface area contributed by atoms with Crippen molar-refractivity contribution in [2.45, 2.75) is 39.7 Å². The molecule has 0 aliphatic carbocycles. The van der Waals surface area contributed by atoms with Crippen molar-refractivity contribution < 1.29 is 4.74 Å². The van der Waals surface area contributed by atoms with Crippen molar-refractivity contribution in [2.75, 3.05) is 38.3 Å². The zero-order valence-electron chi connectivity index (χ0n) is 15.5. The molecule has 8 heteroatoms. The number of hydrogen-bond donors (Lipinski definition) is 2. The number of thioether (sulfide) groups is 1. The third kappa shape index (κ3) is 8.54. The molecule has 7 nitrogen and oxygen atoms in total. The molecule has 0 saturated carbocycles. The highest BCUT2D eigenvalue weighted by atomic mass is 32.2. The molecule has 0 radical (unpaired) electrons. The molecule has 0 fully saturated rings. The molecule has 0 amide bonds. The highest BCUT2D eigenvalue weighted by molar-refractivity contribution is 7.98. The minimum absolute atomic E-state index is 0.522. The van der Waals surface area contributed by atoms with Crippen LogP contribution >= 0.6 is 11.8 Å². The maximum Gasteiger partial charge on any atom is 0.191 e. The van der Waals surface area contributed by atoms with Crippen LogP contribution < -0.4 is 10.6 Å². The Bertz CT molecular complexity index is 477. The molecule has 0 unspecified atom stereocenters. The van der Waals surface area contributed by atoms with Crippen molar-refractivity contribution in [1.29, 1.82) is 0 Å². The van der Waals surface area contributed by atoms with E-state index >= 15 is 0 Å². The van der Waals surface area contributed by atoms with Crippen molar-refractivity contribution in [3.05, 3.63) is 11.6 Å². The first-order valence-electron chi connectivity index (χ1n) is 8.62. The number of nitrogens with one attached hydrogen (secondary N) is 2. The van der Waals surface area contributed by atoms with Crippen molar-refractivity contribution >= 4 is 17.7 Å². The van der Waals surface area contributed by atoms with E-state index in [0.29, 0.717) is 6.54 Å². The third-order valence-corrected chi connectivity index (χ3v) is 4.29. The van der Waals surface area contributed by atoms with Gasteiger partial charge in [-0.25, -0.2) is 4.99 Å². The summed E-state index contributed by atoms with van der Waals surface area (Å²) in [6.07, 6.45) is 5.37. The zero-order valence-corrected chi connectivity index (χ0v) is 16.3. The molecular formula is C16H32N6OS. The van der Waals surface area contributed by atoms with E-state index < -0.39 is 0 Å². The van der Waals surface area contributed by atoms with Gasteiger partial charge in [0.2, 0.25) is 0 Å². The molecule has 24 heavy (non-hydrogen) atoms. The topological polar surface area (TPSA) is 76.4 Å². The Hall–Kier alpha value is -1.28. The molecule has 2 N–H and O–H groups in total. The zero-order chi connectivity index (χ0) is 17.6. The minimum Gasteiger partial charge on any atom is -0.382 e. The van der Waals surface area contributed by atoms with Crippen molar-refractivity contribution in [3.8, 4) is 0 Å². The van der Waals surface area contributed by atoms with Gasteiger partial charge in [-0.15, -0.1) is 10.2 Å². The van der Waals surface area contributed by atoms with E-state index in [-0.39, 0.29) is 0 Å². The highest BCUT2D eigenvalue weighted by Crippen LogP contribution is 1.99. The maximum atomic E-state index is 5.36. The van der Waals surface area contributed by atoms with Gasteiger partial charge in [0.1, 0.15) is 12.4 Å². The summed E-state index contributed by atoms with van der Waals surface area (Å²) in [6.45, 7) is 7.91. The van der Waals surface area contributed by atoms with Crippen molar-refractivity contribution in [1.82, 2.24) is 25.4 Å². The third-order valence-electron chi connectivity index (χ3n) is 3.59. The monoisotopic (exact) mass is 356 g/mol. The second-order valence-corrected chi connectivity index (χ2v) is 6.48. The Labute approximate surface area is 150 Å². The van der Waals surface area contributed by atoms with E-state index in [1.54, 1.807) is 0 Å². The fraction of sp³-hybridized carbons (Fsp3) is 0.812. The molecule has 0 spiro atoms. The van der Waals surface area contributed by atoms with Crippen LogP contribution in [-0.4, -0.2) is 59.0 Å². The molecule has 0 aliphatic heterocycles. The van der Waals surface area contributed by atoms with Gasteiger partial charge in [-0.2, -0.15) is 11.8 Å². The molecule has 0 bridgehead atoms. The molecule has 1 aromatic rings. The maximum absolute atomic E-state index is 5.36. The Balaban J connectivity index is 2.43. The summed E-state index contributed by atoms with van der Waals surface area (Å²) in [6, 6.07) is 0. The molecular weight excluding hydrogens is 324 g/mol. The Morgan fingerprint density at radius 1 is 1.21 bits per heavy atom. The van der Waals surface area contributed by atoms with Gasteiger partial charge in [0.25, 0.3) is 0 Å². The molecule has 0 aliphatic rings. The first-order chi connectivity index (χ1) is 11.7. The SMILES string of the molecule is CCOCCCCNC(=NCc1nnc(C)n1C)NCCCSC. The van der Waals surface area contributed by atoms with Crippen LogP contribution in [0.25, 0.3) is 0 Å². The number of aromatic nitrogens is 3. The van der Waals surface area contributed by atoms with Crippen LogP contribution in [0.1, 0.15) is 37.8 Å². The first-order valence-corrected chi connectivity index (χ1v) is 10.0. The lowest BCUT2D eigenvalue weighted by Crippen LogP contribution is -2.38. The van der Waals surface area contributed by atoms with Gasteiger partial charge in [-0.1, -0.05) is 0 Å². The average Bonchev–Trinajstić information content (AvgIpc) is 2.90. The van der Waals surface area contributed by atoms with Crippen LogP contribution in [0.5, 0.6) is 0 Å². The van der Waals surface area contributed by atoms with Crippen LogP contribution in [0.15, 0.2) is 4.99 Å². The first kappa shape index (κ1) is 20.8. The molecule has 1 heterocycles. The van der Waals surface area contributed by atoms with E-state index in [0.717, 1.165) is 68.9 Å². The quantitative estimate of drug-likeness (QED) is 0.337. The summed E-state index contributed by atoms with van der Waals surface area (Å²) in [5.41, 5.74) is 0. The summed E-state index contributed by atoms with van der Waals surface area (Å²) >= 11 is 1.86. The standard InChI is InChI=1S/C16H32N6OS/c1-5-23-11-7-6-9-17-16(18-10-8-12-24-4)19-13-15-21-20-14(2)22(15)3/h5-13H2,1-4H3,(H2,17,18,19). The van der Waals surface area contributed by atoms with E-state index in [1.807, 2.05) is 37.2 Å². The van der Waals surface area contributed by atoms with Crippen LogP contribution in [0.3, 0.4) is 0 Å². The van der Waals surface area contributed by atoms with E-state index in [4.69, 9.17) is 4.74 Å². The van der Waals surface area contributed by atoms with Crippen LogP contribution in [-0.2, 0) is 18.3 Å². The number of unbranched alkanes of at least 4 members (excludes halogenated alkanes) is 1. The molecule has 1 rings (SSSR count). The lowest BCUT2D eigenvalue weighted by Gasteiger charge is -2.12. The number of rotatable bonds is 12. The van der Waals surface area contributed by atoms with Crippen LogP contribution in [0.2, 0.25) is 0 Å². The smallest absolute Gasteiger partial charge is 0.191 e. The summed E-state index contributed by atoms with van der Waals surface area (Å²) in [7, 11) is 1.97. The van der Waals surface area contributed by atoms with Gasteiger partial charge >= 0.3 is 0 Å². The fourth-order valence-corrected chi connectivity index (χ4v) is 2.45. The predicted molar refractivity (Wildman–Crippen MR) is 102 cm³/mol. The molecule has 0 saturated heterocycles. The van der Waals surface area contributed by atoms with Crippen molar-refractivity contribution in [3.63, 3.8) is 0 Å². The normalized spacial score (nSPS) is 11.8. The lowest BCUT2D eigenvalue weighted by atomic mass is 10.3. The summed E-state index contributed by atoms with van der Waals surface area (Å²) in [5, 5.41) is 15.0. The largest absolute Gasteiger partial charge is 0.382 e. The molecule has 138 valence electrons. The van der Waals surface area contributed by atoms with E-state index in [1.165, 1.54) is 0 Å². The number of aryl methyl sites for hydroxylation is 1. The fourth-order valence-electron chi connectivity index (χ4n) is 2.02. The number of nitrogens with zero attached hydrogens (tertiary/aromatic N) is 4. The summed E-state index contributed by atoms with van der Waals surface area (Å²) in [4.78, 5) is 4.63. The Morgan fingerprint density at radius 3 is 2.58 bits per heavy atom. The summed E-state index contributed by atoms with van der Waals surface area (Å²) < 4.78 is 7.33. The van der Waals surface area contributed by atoms with E-state index in [9.17, 15) is 0 Å². The second-order valence-electron chi connectivity index (χ2n) is 5.49. The second kappa shape index (κ2) is 13.1. The highest BCUT2D eigenvalue weighted by Gasteiger charge is 2.05. The number of aliphatic imine (C=N–C) groups is 1. The van der Waals surface area contributed by atoms with Gasteiger partial charge in [0.05, 0.1) is 0 Å². The minimum atomic E-state index is 0.522. The molecule has 1 aromatic heterocycles. The number of ether oxygens (including phenoxy) is 1. The summed E-state index contributed by atoms with van der Waals surface area (Å²) in [5.74, 6) is 3.76. The van der Waals surface area contributed by atoms with Crippen LogP contribution in [0.4, 0.5) is 0 Å². The van der Waals surface area contributed by atoms with Crippen molar-refractivity contribution in [2.24, 2.45) is 12.0 Å². The Morgan fingerprint density at radius 2 is 1.96 bits per heavy atom. The van der Waals surface area contributed by atoms with Crippen LogP contribution in [0, 0.1) is 6.92 Å². The van der Waals surface area contributed by atoms with Gasteiger partial charge in [-0.05, 0) is 45.1 Å². The molecule has 0 aromatic carbocycles. The van der Waals surface area contributed by atoms with Gasteiger partial charge in [0, 0.05) is 33.4 Å². The average molecular weight is 357 g/mol. The van der Waals surface area contributed by atoms with E-state index in [2.05, 4.69) is 32.1 Å². The van der Waals surface area contributed by atoms with Gasteiger partial charge in [0.15, 0.2) is 11.8 Å². The Kier molecular flexibility index (Phi) is 11.3. The number of hydrogen-bond acceptors (Lipinski definition) is 5. The predicted octanol–water partition coefficient (Wildman–Crippen LogP) is 1.73. The number of guanidine groups is 1. The molecule has 0 atom stereocenters. The van der Waals surface area contributed by atoms with Gasteiger partial charge in [-0.3, -0.25) is 0 Å².